The summed E-state index contributed by atoms with van der Waals surface area (Å²) < 4.78 is 0. The second-order valence-corrected chi connectivity index (χ2v) is 6.72. The topological polar surface area (TPSA) is 66.4 Å². The first-order chi connectivity index (χ1) is 9.46. The van der Waals surface area contributed by atoms with Gasteiger partial charge in [-0.1, -0.05) is 19.8 Å². The van der Waals surface area contributed by atoms with Gasteiger partial charge in [-0.25, -0.2) is 0 Å². The lowest BCUT2D eigenvalue weighted by Crippen LogP contribution is -2.47. The van der Waals surface area contributed by atoms with Crippen LogP contribution >= 0.6 is 11.3 Å². The van der Waals surface area contributed by atoms with Gasteiger partial charge in [-0.3, -0.25) is 9.59 Å². The van der Waals surface area contributed by atoms with Crippen molar-refractivity contribution in [3.8, 4) is 0 Å². The number of aliphatic carboxylic acids is 1. The summed E-state index contributed by atoms with van der Waals surface area (Å²) in [7, 11) is 0. The lowest BCUT2D eigenvalue weighted by molar-refractivity contribution is -0.138. The van der Waals surface area contributed by atoms with Crippen molar-refractivity contribution in [2.75, 3.05) is 0 Å². The second kappa shape index (κ2) is 5.95. The molecule has 0 atom stereocenters. The molecule has 1 fully saturated rings. The number of carboxylic acid groups (broad SMARTS) is 1. The smallest absolute Gasteiger partial charge is 0.305 e. The Bertz CT molecular complexity index is 515. The number of rotatable bonds is 5. The molecule has 2 N–H and O–H groups in total. The summed E-state index contributed by atoms with van der Waals surface area (Å²) >= 11 is 1.51. The standard InChI is InChI=1S/C15H21NO3S/c1-3-11-10(2)8-12(20-11)14(19)16-15(9-13(17)18)6-4-5-7-15/h8H,3-7,9H2,1-2H3,(H,16,19)(H,17,18). The van der Waals surface area contributed by atoms with Crippen molar-refractivity contribution in [1.82, 2.24) is 5.32 Å². The Kier molecular flexibility index (Phi) is 4.48. The number of carbonyl (C=O) groups is 2. The van der Waals surface area contributed by atoms with Crippen LogP contribution in [0.3, 0.4) is 0 Å². The quantitative estimate of drug-likeness (QED) is 0.877. The zero-order valence-electron chi connectivity index (χ0n) is 12.0. The number of nitrogens with one attached hydrogen (secondary N) is 1. The number of carboxylic acids is 1. The van der Waals surface area contributed by atoms with E-state index in [1.54, 1.807) is 0 Å². The van der Waals surface area contributed by atoms with Crippen LogP contribution in [0.15, 0.2) is 6.07 Å². The Hall–Kier alpha value is -1.36. The molecule has 0 aromatic carbocycles. The maximum absolute atomic E-state index is 12.4. The highest BCUT2D eigenvalue weighted by Crippen LogP contribution is 2.33. The van der Waals surface area contributed by atoms with Crippen molar-refractivity contribution < 1.29 is 14.7 Å². The Morgan fingerprint density at radius 1 is 1.40 bits per heavy atom. The molecule has 110 valence electrons. The van der Waals surface area contributed by atoms with Gasteiger partial charge in [0, 0.05) is 4.88 Å². The fourth-order valence-corrected chi connectivity index (χ4v) is 3.98. The number of hydrogen-bond acceptors (Lipinski definition) is 3. The molecule has 20 heavy (non-hydrogen) atoms. The number of carbonyl (C=O) groups excluding carboxylic acids is 1. The largest absolute Gasteiger partial charge is 0.481 e. The Balaban J connectivity index is 2.13. The molecule has 5 heteroatoms. The lowest BCUT2D eigenvalue weighted by atomic mass is 9.93. The van der Waals surface area contributed by atoms with Crippen molar-refractivity contribution in [2.24, 2.45) is 0 Å². The third kappa shape index (κ3) is 3.20. The Labute approximate surface area is 123 Å². The highest BCUT2D eigenvalue weighted by atomic mass is 32.1. The Morgan fingerprint density at radius 2 is 2.05 bits per heavy atom. The van der Waals surface area contributed by atoms with Crippen LogP contribution in [0.1, 0.15) is 59.1 Å². The van der Waals surface area contributed by atoms with Crippen LogP contribution in [0.4, 0.5) is 0 Å². The minimum absolute atomic E-state index is 0.0176. The van der Waals surface area contributed by atoms with Crippen molar-refractivity contribution >= 4 is 23.2 Å². The van der Waals surface area contributed by atoms with Crippen molar-refractivity contribution in [3.05, 3.63) is 21.4 Å². The molecule has 1 saturated carbocycles. The van der Waals surface area contributed by atoms with Crippen molar-refractivity contribution in [1.29, 1.82) is 0 Å². The van der Waals surface area contributed by atoms with Gasteiger partial charge in [0.1, 0.15) is 0 Å². The van der Waals surface area contributed by atoms with Gasteiger partial charge in [0.15, 0.2) is 0 Å². The minimum atomic E-state index is -0.844. The molecule has 2 rings (SSSR count). The second-order valence-electron chi connectivity index (χ2n) is 5.58. The molecule has 4 nitrogen and oxygen atoms in total. The van der Waals surface area contributed by atoms with Crippen LogP contribution in [-0.4, -0.2) is 22.5 Å². The van der Waals surface area contributed by atoms with Gasteiger partial charge in [-0.05, 0) is 37.8 Å². The Morgan fingerprint density at radius 3 is 2.55 bits per heavy atom. The number of aryl methyl sites for hydroxylation is 2. The van der Waals surface area contributed by atoms with Crippen LogP contribution in [-0.2, 0) is 11.2 Å². The summed E-state index contributed by atoms with van der Waals surface area (Å²) in [5, 5.41) is 12.1. The maximum atomic E-state index is 12.4. The zero-order chi connectivity index (χ0) is 14.8. The van der Waals surface area contributed by atoms with E-state index in [9.17, 15) is 9.59 Å². The van der Waals surface area contributed by atoms with E-state index in [0.29, 0.717) is 4.88 Å². The minimum Gasteiger partial charge on any atom is -0.481 e. The van der Waals surface area contributed by atoms with Gasteiger partial charge in [0.2, 0.25) is 0 Å². The van der Waals surface area contributed by atoms with Crippen LogP contribution in [0, 0.1) is 6.92 Å². The van der Waals surface area contributed by atoms with Crippen molar-refractivity contribution in [2.45, 2.75) is 57.9 Å². The molecule has 1 heterocycles. The summed E-state index contributed by atoms with van der Waals surface area (Å²) in [6.45, 7) is 4.08. The fourth-order valence-electron chi connectivity index (χ4n) is 2.97. The van der Waals surface area contributed by atoms with E-state index in [1.807, 2.05) is 13.0 Å². The van der Waals surface area contributed by atoms with Gasteiger partial charge in [0.25, 0.3) is 5.91 Å². The molecule has 0 unspecified atom stereocenters. The number of hydrogen-bond donors (Lipinski definition) is 2. The molecule has 1 aromatic rings. The normalized spacial score (nSPS) is 17.1. The predicted molar refractivity (Wildman–Crippen MR) is 79.4 cm³/mol. The van der Waals surface area contributed by atoms with E-state index < -0.39 is 11.5 Å². The summed E-state index contributed by atoms with van der Waals surface area (Å²) in [5.41, 5.74) is 0.592. The lowest BCUT2D eigenvalue weighted by Gasteiger charge is -2.28. The molecule has 0 radical (unpaired) electrons. The average molecular weight is 295 g/mol. The van der Waals surface area contributed by atoms with E-state index >= 15 is 0 Å². The molecule has 1 amide bonds. The van der Waals surface area contributed by atoms with Crippen LogP contribution in [0.2, 0.25) is 0 Å². The van der Waals surface area contributed by atoms with Crippen LogP contribution in [0.25, 0.3) is 0 Å². The number of thiophene rings is 1. The molecular weight excluding hydrogens is 274 g/mol. The van der Waals surface area contributed by atoms with Gasteiger partial charge in [-0.2, -0.15) is 0 Å². The van der Waals surface area contributed by atoms with Crippen molar-refractivity contribution in [3.63, 3.8) is 0 Å². The third-order valence-electron chi connectivity index (χ3n) is 3.99. The molecular formula is C15H21NO3S. The molecule has 0 bridgehead atoms. The molecule has 1 aromatic heterocycles. The van der Waals surface area contributed by atoms with Crippen LogP contribution < -0.4 is 5.32 Å². The molecule has 0 saturated heterocycles. The van der Waals surface area contributed by atoms with E-state index in [1.165, 1.54) is 16.2 Å². The van der Waals surface area contributed by atoms with Crippen LogP contribution in [0.5, 0.6) is 0 Å². The summed E-state index contributed by atoms with van der Waals surface area (Å²) in [5.74, 6) is -0.968. The first-order valence-corrected chi connectivity index (χ1v) is 7.91. The van der Waals surface area contributed by atoms with Gasteiger partial charge < -0.3 is 10.4 Å². The summed E-state index contributed by atoms with van der Waals surface area (Å²) in [6, 6.07) is 1.91. The van der Waals surface area contributed by atoms with E-state index in [4.69, 9.17) is 5.11 Å². The first kappa shape index (κ1) is 15.0. The third-order valence-corrected chi connectivity index (χ3v) is 5.37. The SMILES string of the molecule is CCc1sc(C(=O)NC2(CC(=O)O)CCCC2)cc1C. The fraction of sp³-hybridized carbons (Fsp3) is 0.600. The van der Waals surface area contributed by atoms with E-state index in [0.717, 1.165) is 37.7 Å². The molecule has 0 aliphatic heterocycles. The average Bonchev–Trinajstić information content (AvgIpc) is 2.95. The number of amides is 1. The highest BCUT2D eigenvalue weighted by molar-refractivity contribution is 7.14. The first-order valence-electron chi connectivity index (χ1n) is 7.09. The predicted octanol–water partition coefficient (Wildman–Crippen LogP) is 3.14. The molecule has 0 spiro atoms. The monoisotopic (exact) mass is 295 g/mol. The molecule has 1 aliphatic rings. The maximum Gasteiger partial charge on any atom is 0.305 e. The van der Waals surface area contributed by atoms with Gasteiger partial charge in [0.05, 0.1) is 16.8 Å². The zero-order valence-corrected chi connectivity index (χ0v) is 12.8. The van der Waals surface area contributed by atoms with Gasteiger partial charge >= 0.3 is 5.97 Å². The molecule has 1 aliphatic carbocycles. The highest BCUT2D eigenvalue weighted by Gasteiger charge is 2.37. The summed E-state index contributed by atoms with van der Waals surface area (Å²) in [6.07, 6.45) is 4.42. The van der Waals surface area contributed by atoms with E-state index in [-0.39, 0.29) is 12.3 Å². The van der Waals surface area contributed by atoms with Gasteiger partial charge in [-0.15, -0.1) is 11.3 Å². The summed E-state index contributed by atoms with van der Waals surface area (Å²) in [4.78, 5) is 25.3. The van der Waals surface area contributed by atoms with E-state index in [2.05, 4.69) is 12.2 Å².